The van der Waals surface area contributed by atoms with Gasteiger partial charge in [-0.05, 0) is 41.8 Å². The number of benzene rings is 2. The number of unbranched alkanes of at least 4 members (excludes halogenated alkanes) is 1. The van der Waals surface area contributed by atoms with Crippen LogP contribution in [0.3, 0.4) is 0 Å². The fraction of sp³-hybridized carbons (Fsp3) is 0.360. The number of H-pyrrole nitrogens is 1. The molecule has 3 aromatic rings. The lowest BCUT2D eigenvalue weighted by atomic mass is 10.1. The zero-order valence-corrected chi connectivity index (χ0v) is 21.5. The predicted octanol–water partition coefficient (Wildman–Crippen LogP) is 3.92. The highest BCUT2D eigenvalue weighted by atomic mass is 35.5. The van der Waals surface area contributed by atoms with E-state index in [2.05, 4.69) is 17.0 Å². The van der Waals surface area contributed by atoms with Gasteiger partial charge < -0.3 is 14.9 Å². The molecule has 0 unspecified atom stereocenters. The molecule has 2 heterocycles. The standard InChI is InChI=1S/C25H30ClN5O3S/c1-3-4-11-29(2)27-16-19-5-7-20(8-6-19)17-30-12-13-31(18-25(30)32)35(33,34)24-15-21-14-22(26)9-10-23(21)28-24/h5-10,14-16,28H,3-4,11-13,17-18H2,1-2H3. The molecule has 1 aliphatic rings. The Morgan fingerprint density at radius 3 is 2.63 bits per heavy atom. The second-order valence-corrected chi connectivity index (χ2v) is 11.1. The van der Waals surface area contributed by atoms with Crippen molar-refractivity contribution in [2.24, 2.45) is 5.10 Å². The fourth-order valence-corrected chi connectivity index (χ4v) is 5.53. The van der Waals surface area contributed by atoms with Crippen LogP contribution in [0.15, 0.2) is 58.7 Å². The summed E-state index contributed by atoms with van der Waals surface area (Å²) >= 11 is 6.01. The minimum atomic E-state index is -3.82. The maximum Gasteiger partial charge on any atom is 0.259 e. The smallest absolute Gasteiger partial charge is 0.259 e. The molecule has 35 heavy (non-hydrogen) atoms. The number of hydrogen-bond acceptors (Lipinski definition) is 5. The monoisotopic (exact) mass is 515 g/mol. The summed E-state index contributed by atoms with van der Waals surface area (Å²) in [6.45, 7) is 3.89. The van der Waals surface area contributed by atoms with Crippen molar-refractivity contribution >= 4 is 44.6 Å². The van der Waals surface area contributed by atoms with Crippen LogP contribution in [0.5, 0.6) is 0 Å². The molecule has 1 amide bonds. The highest BCUT2D eigenvalue weighted by Crippen LogP contribution is 2.25. The van der Waals surface area contributed by atoms with Crippen LogP contribution < -0.4 is 0 Å². The van der Waals surface area contributed by atoms with Gasteiger partial charge in [-0.1, -0.05) is 49.2 Å². The third-order valence-electron chi connectivity index (χ3n) is 6.05. The first-order valence-electron chi connectivity index (χ1n) is 11.7. The van der Waals surface area contributed by atoms with E-state index < -0.39 is 10.0 Å². The van der Waals surface area contributed by atoms with Crippen molar-refractivity contribution in [1.82, 2.24) is 19.2 Å². The molecule has 0 radical (unpaired) electrons. The zero-order chi connectivity index (χ0) is 25.0. The average Bonchev–Trinajstić information content (AvgIpc) is 3.27. The van der Waals surface area contributed by atoms with Crippen molar-refractivity contribution in [2.75, 3.05) is 33.2 Å². The Kier molecular flexibility index (Phi) is 7.78. The van der Waals surface area contributed by atoms with Crippen LogP contribution in [0.1, 0.15) is 30.9 Å². The number of aromatic amines is 1. The molecule has 1 aromatic heterocycles. The summed E-state index contributed by atoms with van der Waals surface area (Å²) in [4.78, 5) is 17.4. The molecule has 0 saturated carbocycles. The highest BCUT2D eigenvalue weighted by molar-refractivity contribution is 7.89. The molecule has 2 aromatic carbocycles. The molecule has 0 atom stereocenters. The maximum absolute atomic E-state index is 13.1. The molecule has 1 fully saturated rings. The number of carbonyl (C=O) groups is 1. The maximum atomic E-state index is 13.1. The minimum absolute atomic E-state index is 0.0635. The Morgan fingerprint density at radius 2 is 1.91 bits per heavy atom. The normalized spacial score (nSPS) is 15.4. The Labute approximate surface area is 211 Å². The number of fused-ring (bicyclic) bond motifs is 1. The van der Waals surface area contributed by atoms with E-state index in [0.717, 1.165) is 30.5 Å². The average molecular weight is 516 g/mol. The molecule has 0 bridgehead atoms. The first kappa shape index (κ1) is 25.2. The van der Waals surface area contributed by atoms with Gasteiger partial charge in [0, 0.05) is 49.2 Å². The third-order valence-corrected chi connectivity index (χ3v) is 8.05. The summed E-state index contributed by atoms with van der Waals surface area (Å²) in [6.07, 6.45) is 4.06. The molecule has 0 spiro atoms. The highest BCUT2D eigenvalue weighted by Gasteiger charge is 2.33. The van der Waals surface area contributed by atoms with E-state index in [1.807, 2.05) is 42.5 Å². The number of hydrazone groups is 1. The lowest BCUT2D eigenvalue weighted by Crippen LogP contribution is -2.51. The van der Waals surface area contributed by atoms with Crippen LogP contribution in [-0.4, -0.2) is 73.0 Å². The summed E-state index contributed by atoms with van der Waals surface area (Å²) in [7, 11) is -1.86. The Bertz CT molecular complexity index is 1320. The number of sulfonamides is 1. The number of nitrogens with zero attached hydrogens (tertiary/aromatic N) is 4. The van der Waals surface area contributed by atoms with Crippen molar-refractivity contribution < 1.29 is 13.2 Å². The van der Waals surface area contributed by atoms with Crippen molar-refractivity contribution in [3.63, 3.8) is 0 Å². The van der Waals surface area contributed by atoms with Crippen LogP contribution in [0.25, 0.3) is 10.9 Å². The van der Waals surface area contributed by atoms with Crippen LogP contribution in [-0.2, 0) is 21.4 Å². The van der Waals surface area contributed by atoms with Crippen LogP contribution >= 0.6 is 11.6 Å². The van der Waals surface area contributed by atoms with E-state index in [1.54, 1.807) is 29.2 Å². The second-order valence-electron chi connectivity index (χ2n) is 8.74. The Balaban J connectivity index is 1.36. The second kappa shape index (κ2) is 10.8. The van der Waals surface area contributed by atoms with Gasteiger partial charge in [-0.15, -0.1) is 0 Å². The summed E-state index contributed by atoms with van der Waals surface area (Å²) < 4.78 is 27.5. The number of aromatic nitrogens is 1. The molecule has 1 saturated heterocycles. The first-order chi connectivity index (χ1) is 16.8. The summed E-state index contributed by atoms with van der Waals surface area (Å²) in [6, 6.07) is 14.6. The van der Waals surface area contributed by atoms with E-state index in [-0.39, 0.29) is 24.0 Å². The number of hydrogen-bond donors (Lipinski definition) is 1. The number of nitrogens with one attached hydrogen (secondary N) is 1. The van der Waals surface area contributed by atoms with Crippen molar-refractivity contribution in [3.05, 3.63) is 64.7 Å². The van der Waals surface area contributed by atoms with Crippen molar-refractivity contribution in [1.29, 1.82) is 0 Å². The zero-order valence-electron chi connectivity index (χ0n) is 19.9. The molecule has 0 aliphatic carbocycles. The quantitative estimate of drug-likeness (QED) is 0.345. The van der Waals surface area contributed by atoms with Gasteiger partial charge in [-0.2, -0.15) is 9.41 Å². The molecule has 186 valence electrons. The van der Waals surface area contributed by atoms with Crippen LogP contribution in [0.2, 0.25) is 5.02 Å². The van der Waals surface area contributed by atoms with Gasteiger partial charge in [0.05, 0.1) is 12.8 Å². The lowest BCUT2D eigenvalue weighted by Gasteiger charge is -2.33. The Hall–Kier alpha value is -2.88. The third kappa shape index (κ3) is 6.04. The molecular formula is C25H30ClN5O3S. The van der Waals surface area contributed by atoms with Gasteiger partial charge in [0.25, 0.3) is 10.0 Å². The van der Waals surface area contributed by atoms with Gasteiger partial charge in [-0.25, -0.2) is 8.42 Å². The van der Waals surface area contributed by atoms with Crippen molar-refractivity contribution in [2.45, 2.75) is 31.3 Å². The van der Waals surface area contributed by atoms with Gasteiger partial charge in [0.2, 0.25) is 5.91 Å². The van der Waals surface area contributed by atoms with E-state index in [0.29, 0.717) is 29.0 Å². The largest absolute Gasteiger partial charge is 0.345 e. The van der Waals surface area contributed by atoms with Crippen molar-refractivity contribution in [3.8, 4) is 0 Å². The van der Waals surface area contributed by atoms with Gasteiger partial charge in [0.15, 0.2) is 0 Å². The topological polar surface area (TPSA) is 89.1 Å². The number of carbonyl (C=O) groups excluding carboxylic acids is 1. The summed E-state index contributed by atoms with van der Waals surface area (Å²) in [5.41, 5.74) is 2.65. The number of halogens is 1. The molecule has 1 N–H and O–H groups in total. The van der Waals surface area contributed by atoms with Gasteiger partial charge in [-0.3, -0.25) is 4.79 Å². The molecule has 1 aliphatic heterocycles. The first-order valence-corrected chi connectivity index (χ1v) is 13.5. The number of piperazine rings is 1. The van der Waals surface area contributed by atoms with E-state index in [9.17, 15) is 13.2 Å². The van der Waals surface area contributed by atoms with Gasteiger partial charge in [0.1, 0.15) is 5.03 Å². The van der Waals surface area contributed by atoms with E-state index >= 15 is 0 Å². The molecule has 8 nitrogen and oxygen atoms in total. The summed E-state index contributed by atoms with van der Waals surface area (Å²) in [5.74, 6) is -0.220. The van der Waals surface area contributed by atoms with E-state index in [4.69, 9.17) is 11.6 Å². The molecular weight excluding hydrogens is 486 g/mol. The van der Waals surface area contributed by atoms with Crippen LogP contribution in [0, 0.1) is 0 Å². The molecule has 10 heteroatoms. The number of amides is 1. The van der Waals surface area contributed by atoms with E-state index in [1.165, 1.54) is 4.31 Å². The molecule has 4 rings (SSSR count). The minimum Gasteiger partial charge on any atom is -0.345 e. The Morgan fingerprint density at radius 1 is 1.14 bits per heavy atom. The van der Waals surface area contributed by atoms with Crippen LogP contribution in [0.4, 0.5) is 0 Å². The lowest BCUT2D eigenvalue weighted by molar-refractivity contribution is -0.134. The number of rotatable bonds is 9. The fourth-order valence-electron chi connectivity index (χ4n) is 3.95. The SMILES string of the molecule is CCCCN(C)N=Cc1ccc(CN2CCN(S(=O)(=O)c3cc4cc(Cl)ccc4[nH]3)CC2=O)cc1. The van der Waals surface area contributed by atoms with Gasteiger partial charge >= 0.3 is 0 Å². The predicted molar refractivity (Wildman–Crippen MR) is 139 cm³/mol. The summed E-state index contributed by atoms with van der Waals surface area (Å²) in [5, 5.41) is 7.67.